The van der Waals surface area contributed by atoms with Crippen LogP contribution >= 0.6 is 0 Å². The molecule has 7 nitrogen and oxygen atoms in total. The minimum atomic E-state index is -0.541. The van der Waals surface area contributed by atoms with Crippen LogP contribution in [0.5, 0.6) is 5.75 Å². The van der Waals surface area contributed by atoms with E-state index in [1.54, 1.807) is 6.07 Å². The summed E-state index contributed by atoms with van der Waals surface area (Å²) in [7, 11) is 0. The van der Waals surface area contributed by atoms with Crippen LogP contribution < -0.4 is 15.4 Å². The fourth-order valence-corrected chi connectivity index (χ4v) is 2.99. The highest BCUT2D eigenvalue weighted by Crippen LogP contribution is 2.37. The molecule has 3 rings (SSSR count). The molecule has 1 unspecified atom stereocenters. The number of carbonyl (C=O) groups excluding carboxylic acids is 1. The monoisotopic (exact) mass is 373 g/mol. The molecule has 1 aliphatic rings. The molecule has 1 amide bonds. The molecule has 1 aliphatic heterocycles. The lowest BCUT2D eigenvalue weighted by Gasteiger charge is -2.27. The van der Waals surface area contributed by atoms with Gasteiger partial charge in [-0.2, -0.15) is 0 Å². The second kappa shape index (κ2) is 7.61. The molecule has 0 bridgehead atoms. The number of hydrogen-bond donors (Lipinski definition) is 2. The fourth-order valence-electron chi connectivity index (χ4n) is 2.99. The molecule has 2 N–H and O–H groups in total. The molecule has 1 heterocycles. The lowest BCUT2D eigenvalue weighted by Crippen LogP contribution is -2.30. The number of nitro groups is 1. The molecule has 0 saturated carbocycles. The quantitative estimate of drug-likeness (QED) is 0.614. The number of nitrogens with zero attached hydrogens (tertiary/aromatic N) is 1. The zero-order valence-corrected chi connectivity index (χ0v) is 15.0. The molecule has 2 aromatic rings. The Balaban J connectivity index is 1.91. The Hall–Kier alpha value is -3.16. The lowest BCUT2D eigenvalue weighted by atomic mass is 9.99. The average molecular weight is 373 g/mol. The first-order valence-corrected chi connectivity index (χ1v) is 8.63. The zero-order chi connectivity index (χ0) is 19.6. The summed E-state index contributed by atoms with van der Waals surface area (Å²) in [5.41, 5.74) is 0.871. The number of nitrogens with one attached hydrogen (secondary N) is 2. The van der Waals surface area contributed by atoms with Gasteiger partial charge in [-0.25, -0.2) is 4.39 Å². The van der Waals surface area contributed by atoms with Crippen LogP contribution in [0.15, 0.2) is 36.4 Å². The SMILES string of the molecule is CC(C)NC(=O)c1ccc(NC2CCOc3ccc(F)cc32)c([N+](=O)[O-])c1. The standard InChI is InChI=1S/C19H20FN3O4/c1-11(2)21-19(24)12-3-5-16(17(9-12)23(25)26)22-15-7-8-27-18-6-4-13(20)10-14(15)18/h3-6,9-11,15,22H,7-8H2,1-2H3,(H,21,24). The number of fused-ring (bicyclic) bond motifs is 1. The summed E-state index contributed by atoms with van der Waals surface area (Å²) in [6.07, 6.45) is 0.531. The Morgan fingerprint density at radius 1 is 1.30 bits per heavy atom. The summed E-state index contributed by atoms with van der Waals surface area (Å²) in [4.78, 5) is 23.1. The van der Waals surface area contributed by atoms with Crippen LogP contribution in [0.4, 0.5) is 15.8 Å². The molecule has 0 fully saturated rings. The molecule has 2 aromatic carbocycles. The molecule has 0 spiro atoms. The Labute approximate surface area is 155 Å². The number of carbonyl (C=O) groups is 1. The van der Waals surface area contributed by atoms with Gasteiger partial charge in [0, 0.05) is 29.7 Å². The largest absolute Gasteiger partial charge is 0.493 e. The van der Waals surface area contributed by atoms with Gasteiger partial charge in [-0.3, -0.25) is 14.9 Å². The van der Waals surface area contributed by atoms with Crippen molar-refractivity contribution in [2.24, 2.45) is 0 Å². The van der Waals surface area contributed by atoms with Crippen LogP contribution in [0.1, 0.15) is 42.2 Å². The van der Waals surface area contributed by atoms with Crippen LogP contribution in [0, 0.1) is 15.9 Å². The second-order valence-corrected chi connectivity index (χ2v) is 6.63. The second-order valence-electron chi connectivity index (χ2n) is 6.63. The van der Waals surface area contributed by atoms with Crippen molar-refractivity contribution < 1.29 is 18.8 Å². The van der Waals surface area contributed by atoms with Gasteiger partial charge in [0.2, 0.25) is 0 Å². The van der Waals surface area contributed by atoms with Crippen LogP contribution in [0.25, 0.3) is 0 Å². The van der Waals surface area contributed by atoms with E-state index in [4.69, 9.17) is 4.74 Å². The number of halogens is 1. The molecule has 1 atom stereocenters. The van der Waals surface area contributed by atoms with E-state index in [2.05, 4.69) is 10.6 Å². The molecular formula is C19H20FN3O4. The number of amides is 1. The number of anilines is 1. The summed E-state index contributed by atoms with van der Waals surface area (Å²) < 4.78 is 19.1. The van der Waals surface area contributed by atoms with E-state index in [1.165, 1.54) is 30.3 Å². The molecule has 0 radical (unpaired) electrons. The van der Waals surface area contributed by atoms with Gasteiger partial charge in [0.1, 0.15) is 17.3 Å². The minimum absolute atomic E-state index is 0.0806. The van der Waals surface area contributed by atoms with Crippen molar-refractivity contribution in [3.8, 4) is 5.75 Å². The van der Waals surface area contributed by atoms with E-state index < -0.39 is 10.7 Å². The Bertz CT molecular complexity index is 885. The normalized spacial score (nSPS) is 15.6. The third-order valence-electron chi connectivity index (χ3n) is 4.22. The zero-order valence-electron chi connectivity index (χ0n) is 15.0. The maximum absolute atomic E-state index is 13.6. The van der Waals surface area contributed by atoms with Crippen molar-refractivity contribution in [2.75, 3.05) is 11.9 Å². The molecule has 27 heavy (non-hydrogen) atoms. The molecule has 142 valence electrons. The Morgan fingerprint density at radius 2 is 2.07 bits per heavy atom. The van der Waals surface area contributed by atoms with Gasteiger partial charge in [0.25, 0.3) is 11.6 Å². The number of ether oxygens (including phenoxy) is 1. The van der Waals surface area contributed by atoms with Gasteiger partial charge in [0.05, 0.1) is 17.6 Å². The third-order valence-corrected chi connectivity index (χ3v) is 4.22. The first-order chi connectivity index (χ1) is 12.8. The summed E-state index contributed by atoms with van der Waals surface area (Å²) >= 11 is 0. The molecular weight excluding hydrogens is 353 g/mol. The average Bonchev–Trinajstić information content (AvgIpc) is 2.61. The van der Waals surface area contributed by atoms with Gasteiger partial charge < -0.3 is 15.4 Å². The summed E-state index contributed by atoms with van der Waals surface area (Å²) in [5, 5.41) is 17.3. The fraction of sp³-hybridized carbons (Fsp3) is 0.316. The smallest absolute Gasteiger partial charge is 0.293 e. The van der Waals surface area contributed by atoms with Crippen LogP contribution in [0.2, 0.25) is 0 Å². The van der Waals surface area contributed by atoms with Gasteiger partial charge >= 0.3 is 0 Å². The van der Waals surface area contributed by atoms with Crippen LogP contribution in [-0.4, -0.2) is 23.5 Å². The first kappa shape index (κ1) is 18.6. The first-order valence-electron chi connectivity index (χ1n) is 8.63. The van der Waals surface area contributed by atoms with E-state index in [-0.39, 0.29) is 34.9 Å². The highest BCUT2D eigenvalue weighted by molar-refractivity contribution is 5.95. The van der Waals surface area contributed by atoms with E-state index in [9.17, 15) is 19.3 Å². The van der Waals surface area contributed by atoms with Gasteiger partial charge in [-0.1, -0.05) is 0 Å². The van der Waals surface area contributed by atoms with Crippen molar-refractivity contribution in [3.05, 3.63) is 63.5 Å². The maximum Gasteiger partial charge on any atom is 0.293 e. The van der Waals surface area contributed by atoms with Crippen molar-refractivity contribution >= 4 is 17.3 Å². The molecule has 8 heteroatoms. The highest BCUT2D eigenvalue weighted by atomic mass is 19.1. The van der Waals surface area contributed by atoms with Crippen molar-refractivity contribution in [2.45, 2.75) is 32.4 Å². The number of benzene rings is 2. The van der Waals surface area contributed by atoms with Crippen molar-refractivity contribution in [1.82, 2.24) is 5.32 Å². The minimum Gasteiger partial charge on any atom is -0.493 e. The predicted molar refractivity (Wildman–Crippen MR) is 98.6 cm³/mol. The summed E-state index contributed by atoms with van der Waals surface area (Å²) in [6.45, 7) is 4.03. The van der Waals surface area contributed by atoms with Crippen molar-refractivity contribution in [3.63, 3.8) is 0 Å². The molecule has 0 aromatic heterocycles. The van der Waals surface area contributed by atoms with Gasteiger partial charge in [-0.15, -0.1) is 0 Å². The Morgan fingerprint density at radius 3 is 2.78 bits per heavy atom. The topological polar surface area (TPSA) is 93.5 Å². The van der Waals surface area contributed by atoms with Crippen LogP contribution in [-0.2, 0) is 0 Å². The molecule has 0 aliphatic carbocycles. The van der Waals surface area contributed by atoms with Gasteiger partial charge in [0.15, 0.2) is 0 Å². The van der Waals surface area contributed by atoms with E-state index in [1.807, 2.05) is 13.8 Å². The molecule has 0 saturated heterocycles. The van der Waals surface area contributed by atoms with Crippen molar-refractivity contribution in [1.29, 1.82) is 0 Å². The van der Waals surface area contributed by atoms with Gasteiger partial charge in [-0.05, 0) is 44.2 Å². The lowest BCUT2D eigenvalue weighted by molar-refractivity contribution is -0.384. The van der Waals surface area contributed by atoms with E-state index in [0.717, 1.165) is 0 Å². The number of rotatable bonds is 5. The predicted octanol–water partition coefficient (Wildman–Crippen LogP) is 3.81. The number of nitro benzene ring substituents is 1. The van der Waals surface area contributed by atoms with E-state index in [0.29, 0.717) is 24.3 Å². The third kappa shape index (κ3) is 4.16. The highest BCUT2D eigenvalue weighted by Gasteiger charge is 2.25. The van der Waals surface area contributed by atoms with E-state index >= 15 is 0 Å². The Kier molecular flexibility index (Phi) is 5.25. The maximum atomic E-state index is 13.6. The summed E-state index contributed by atoms with van der Waals surface area (Å²) in [6, 6.07) is 8.08. The van der Waals surface area contributed by atoms with Crippen LogP contribution in [0.3, 0.4) is 0 Å². The number of hydrogen-bond acceptors (Lipinski definition) is 5. The summed E-state index contributed by atoms with van der Waals surface area (Å²) in [5.74, 6) is -0.227.